The molecule has 0 amide bonds. The van der Waals surface area contributed by atoms with Gasteiger partial charge in [0.25, 0.3) is 0 Å². The Morgan fingerprint density at radius 1 is 1.38 bits per heavy atom. The van der Waals surface area contributed by atoms with Crippen LogP contribution in [0, 0.1) is 19.7 Å². The zero-order valence-corrected chi connectivity index (χ0v) is 10.1. The van der Waals surface area contributed by atoms with Crippen molar-refractivity contribution in [3.63, 3.8) is 0 Å². The summed E-state index contributed by atoms with van der Waals surface area (Å²) in [7, 11) is 0. The molecule has 0 aliphatic rings. The van der Waals surface area contributed by atoms with E-state index in [9.17, 15) is 4.39 Å². The maximum Gasteiger partial charge on any atom is 0.133 e. The van der Waals surface area contributed by atoms with Crippen LogP contribution in [0.15, 0.2) is 18.2 Å². The quantitative estimate of drug-likeness (QED) is 0.870. The monoisotopic (exact) mass is 236 g/mol. The summed E-state index contributed by atoms with van der Waals surface area (Å²) in [5.74, 6) is -0.225. The first kappa shape index (κ1) is 11.2. The second-order valence-corrected chi connectivity index (χ2v) is 4.80. The number of nitrogens with zero attached hydrogens (tertiary/aromatic N) is 1. The average Bonchev–Trinajstić information content (AvgIpc) is 2.59. The number of halogens is 1. The predicted octanol–water partition coefficient (Wildman–Crippen LogP) is 3.02. The fraction of sp³-hybridized carbons (Fsp3) is 0.250. The molecule has 0 saturated carbocycles. The molecule has 2 rings (SSSR count). The van der Waals surface area contributed by atoms with E-state index in [1.165, 1.54) is 17.4 Å². The van der Waals surface area contributed by atoms with Crippen molar-refractivity contribution in [2.45, 2.75) is 20.4 Å². The number of benzene rings is 1. The van der Waals surface area contributed by atoms with E-state index < -0.39 is 0 Å². The molecular formula is C12H13FN2S. The first-order chi connectivity index (χ1) is 7.61. The lowest BCUT2D eigenvalue weighted by Crippen LogP contribution is -1.94. The Bertz CT molecular complexity index is 520. The third-order valence-electron chi connectivity index (χ3n) is 2.43. The van der Waals surface area contributed by atoms with E-state index in [2.05, 4.69) is 4.98 Å². The van der Waals surface area contributed by atoms with Gasteiger partial charge in [-0.15, -0.1) is 11.3 Å². The molecule has 2 aromatic rings. The fourth-order valence-electron chi connectivity index (χ4n) is 1.53. The van der Waals surface area contributed by atoms with E-state index in [1.807, 2.05) is 19.9 Å². The molecule has 0 aliphatic heterocycles. The van der Waals surface area contributed by atoms with Crippen molar-refractivity contribution in [2.75, 3.05) is 0 Å². The van der Waals surface area contributed by atoms with Gasteiger partial charge in [0.1, 0.15) is 10.8 Å². The lowest BCUT2D eigenvalue weighted by Gasteiger charge is -1.99. The second kappa shape index (κ2) is 4.31. The third-order valence-corrected chi connectivity index (χ3v) is 3.65. The van der Waals surface area contributed by atoms with Gasteiger partial charge in [0.05, 0.1) is 5.69 Å². The molecule has 1 aromatic carbocycles. The van der Waals surface area contributed by atoms with Crippen molar-refractivity contribution in [3.05, 3.63) is 40.2 Å². The third kappa shape index (κ3) is 1.99. The molecule has 1 heterocycles. The molecule has 0 unspecified atom stereocenters. The first-order valence-electron chi connectivity index (χ1n) is 5.04. The minimum Gasteiger partial charge on any atom is -0.326 e. The summed E-state index contributed by atoms with van der Waals surface area (Å²) >= 11 is 1.46. The zero-order valence-electron chi connectivity index (χ0n) is 9.25. The molecule has 0 fully saturated rings. The summed E-state index contributed by atoms with van der Waals surface area (Å²) in [6, 6.07) is 5.18. The van der Waals surface area contributed by atoms with Gasteiger partial charge in [0.2, 0.25) is 0 Å². The van der Waals surface area contributed by atoms with E-state index in [0.29, 0.717) is 17.1 Å². The Labute approximate surface area is 97.9 Å². The maximum absolute atomic E-state index is 13.7. The van der Waals surface area contributed by atoms with Crippen molar-refractivity contribution in [1.82, 2.24) is 4.98 Å². The van der Waals surface area contributed by atoms with Gasteiger partial charge in [-0.2, -0.15) is 0 Å². The highest BCUT2D eigenvalue weighted by molar-refractivity contribution is 7.15. The standard InChI is InChI=1S/C12H13FN2S/c1-7-3-4-9(10(13)5-7)12-15-8(2)11(6-14)16-12/h3-5H,6,14H2,1-2H3. The molecule has 2 nitrogen and oxygen atoms in total. The molecule has 0 saturated heterocycles. The van der Waals surface area contributed by atoms with Crippen LogP contribution in [0.3, 0.4) is 0 Å². The van der Waals surface area contributed by atoms with Crippen LogP contribution in [-0.4, -0.2) is 4.98 Å². The van der Waals surface area contributed by atoms with Gasteiger partial charge in [0, 0.05) is 17.0 Å². The van der Waals surface area contributed by atoms with Crippen LogP contribution >= 0.6 is 11.3 Å². The van der Waals surface area contributed by atoms with Crippen molar-refractivity contribution in [2.24, 2.45) is 5.73 Å². The molecular weight excluding hydrogens is 223 g/mol. The minimum atomic E-state index is -0.225. The summed E-state index contributed by atoms with van der Waals surface area (Å²) in [6.45, 7) is 4.22. The Morgan fingerprint density at radius 2 is 2.12 bits per heavy atom. The summed E-state index contributed by atoms with van der Waals surface area (Å²) in [5.41, 5.74) is 7.94. The molecule has 0 aliphatic carbocycles. The number of hydrogen-bond acceptors (Lipinski definition) is 3. The van der Waals surface area contributed by atoms with E-state index in [0.717, 1.165) is 16.1 Å². The van der Waals surface area contributed by atoms with E-state index in [1.54, 1.807) is 6.07 Å². The normalized spacial score (nSPS) is 10.8. The van der Waals surface area contributed by atoms with Gasteiger partial charge in [-0.3, -0.25) is 0 Å². The van der Waals surface area contributed by atoms with Gasteiger partial charge in [-0.1, -0.05) is 6.07 Å². The largest absolute Gasteiger partial charge is 0.326 e. The van der Waals surface area contributed by atoms with Gasteiger partial charge >= 0.3 is 0 Å². The molecule has 0 atom stereocenters. The Kier molecular flexibility index (Phi) is 3.03. The molecule has 0 spiro atoms. The zero-order chi connectivity index (χ0) is 11.7. The highest BCUT2D eigenvalue weighted by Gasteiger charge is 2.11. The molecule has 1 aromatic heterocycles. The Balaban J connectivity index is 2.50. The van der Waals surface area contributed by atoms with Gasteiger partial charge in [-0.05, 0) is 31.5 Å². The Hall–Kier alpha value is -1.26. The van der Waals surface area contributed by atoms with Crippen molar-refractivity contribution in [1.29, 1.82) is 0 Å². The number of aryl methyl sites for hydroxylation is 2. The minimum absolute atomic E-state index is 0.225. The van der Waals surface area contributed by atoms with Crippen LogP contribution in [0.4, 0.5) is 4.39 Å². The van der Waals surface area contributed by atoms with Crippen LogP contribution in [0.25, 0.3) is 10.6 Å². The van der Waals surface area contributed by atoms with E-state index in [-0.39, 0.29) is 5.82 Å². The predicted molar refractivity (Wildman–Crippen MR) is 64.9 cm³/mol. The van der Waals surface area contributed by atoms with Crippen LogP contribution < -0.4 is 5.73 Å². The summed E-state index contributed by atoms with van der Waals surface area (Å²) in [5, 5.41) is 0.704. The lowest BCUT2D eigenvalue weighted by atomic mass is 10.1. The van der Waals surface area contributed by atoms with Crippen LogP contribution in [-0.2, 0) is 6.54 Å². The molecule has 84 valence electrons. The van der Waals surface area contributed by atoms with Gasteiger partial charge < -0.3 is 5.73 Å². The van der Waals surface area contributed by atoms with Crippen molar-refractivity contribution < 1.29 is 4.39 Å². The number of hydrogen-bond donors (Lipinski definition) is 1. The number of rotatable bonds is 2. The molecule has 2 N–H and O–H groups in total. The van der Waals surface area contributed by atoms with Crippen LogP contribution in [0.5, 0.6) is 0 Å². The SMILES string of the molecule is Cc1ccc(-c2nc(C)c(CN)s2)c(F)c1. The van der Waals surface area contributed by atoms with Gasteiger partial charge in [-0.25, -0.2) is 9.37 Å². The molecule has 16 heavy (non-hydrogen) atoms. The van der Waals surface area contributed by atoms with Crippen LogP contribution in [0.2, 0.25) is 0 Å². The average molecular weight is 236 g/mol. The van der Waals surface area contributed by atoms with Crippen molar-refractivity contribution in [3.8, 4) is 10.6 Å². The number of thiazole rings is 1. The number of aromatic nitrogens is 1. The fourth-order valence-corrected chi connectivity index (χ4v) is 2.49. The second-order valence-electron chi connectivity index (χ2n) is 3.72. The Morgan fingerprint density at radius 3 is 2.69 bits per heavy atom. The lowest BCUT2D eigenvalue weighted by molar-refractivity contribution is 0.630. The highest BCUT2D eigenvalue weighted by Crippen LogP contribution is 2.29. The summed E-state index contributed by atoms with van der Waals surface area (Å²) in [6.07, 6.45) is 0. The maximum atomic E-state index is 13.7. The van der Waals surface area contributed by atoms with Crippen molar-refractivity contribution >= 4 is 11.3 Å². The van der Waals surface area contributed by atoms with E-state index >= 15 is 0 Å². The molecule has 4 heteroatoms. The van der Waals surface area contributed by atoms with Gasteiger partial charge in [0.15, 0.2) is 0 Å². The summed E-state index contributed by atoms with van der Waals surface area (Å²) in [4.78, 5) is 5.35. The molecule has 0 bridgehead atoms. The number of nitrogens with two attached hydrogens (primary N) is 1. The summed E-state index contributed by atoms with van der Waals surface area (Å²) < 4.78 is 13.7. The first-order valence-corrected chi connectivity index (χ1v) is 5.86. The van der Waals surface area contributed by atoms with E-state index in [4.69, 9.17) is 5.73 Å². The topological polar surface area (TPSA) is 38.9 Å². The molecule has 0 radical (unpaired) electrons. The smallest absolute Gasteiger partial charge is 0.133 e. The highest BCUT2D eigenvalue weighted by atomic mass is 32.1. The van der Waals surface area contributed by atoms with Crippen LogP contribution in [0.1, 0.15) is 16.1 Å².